The average Bonchev–Trinajstić information content (AvgIpc) is 3.10. The van der Waals surface area contributed by atoms with Crippen LogP contribution in [-0.2, 0) is 11.2 Å². The maximum absolute atomic E-state index is 12.6. The molecular formula is C20H23BrN4O3. The fraction of sp³-hybridized carbons (Fsp3) is 0.350. The van der Waals surface area contributed by atoms with E-state index in [0.29, 0.717) is 30.5 Å². The Morgan fingerprint density at radius 3 is 2.61 bits per heavy atom. The van der Waals surface area contributed by atoms with Crippen LogP contribution in [0.15, 0.2) is 41.0 Å². The maximum Gasteiger partial charge on any atom is 0.225 e. The van der Waals surface area contributed by atoms with Gasteiger partial charge in [0.25, 0.3) is 0 Å². The third-order valence-corrected chi connectivity index (χ3v) is 4.91. The molecule has 1 aromatic carbocycles. The smallest absolute Gasteiger partial charge is 0.225 e. The number of pyridine rings is 1. The van der Waals surface area contributed by atoms with Gasteiger partial charge in [0, 0.05) is 10.7 Å². The van der Waals surface area contributed by atoms with Crippen LogP contribution in [0.1, 0.15) is 38.2 Å². The van der Waals surface area contributed by atoms with E-state index in [9.17, 15) is 4.79 Å². The minimum absolute atomic E-state index is 0.118. The molecule has 0 spiro atoms. The van der Waals surface area contributed by atoms with Gasteiger partial charge < -0.3 is 14.8 Å². The largest absolute Gasteiger partial charge is 0.490 e. The second kappa shape index (κ2) is 9.05. The molecule has 1 N–H and O–H groups in total. The normalized spacial score (nSPS) is 12.0. The molecule has 0 saturated heterocycles. The number of hydrogen-bond acceptors (Lipinski definition) is 5. The summed E-state index contributed by atoms with van der Waals surface area (Å²) in [5.74, 6) is 1.85. The van der Waals surface area contributed by atoms with E-state index in [4.69, 9.17) is 9.47 Å². The minimum atomic E-state index is -0.280. The number of benzene rings is 1. The molecule has 1 unspecified atom stereocenters. The predicted octanol–water partition coefficient (Wildman–Crippen LogP) is 3.71. The van der Waals surface area contributed by atoms with Gasteiger partial charge in [-0.2, -0.15) is 0 Å². The summed E-state index contributed by atoms with van der Waals surface area (Å²) in [6, 6.07) is 9.08. The molecule has 28 heavy (non-hydrogen) atoms. The average molecular weight is 447 g/mol. The molecule has 0 saturated carbocycles. The molecule has 3 rings (SSSR count). The SMILES string of the molecule is CCOc1cc(Br)c(CC(=O)NC(C)c2nnc3ccccn23)cc1OCC. The van der Waals surface area contributed by atoms with Gasteiger partial charge in [0.05, 0.1) is 25.7 Å². The highest BCUT2D eigenvalue weighted by Gasteiger charge is 2.18. The van der Waals surface area contributed by atoms with Crippen LogP contribution in [0.2, 0.25) is 0 Å². The van der Waals surface area contributed by atoms with Gasteiger partial charge in [-0.1, -0.05) is 22.0 Å². The number of nitrogens with one attached hydrogen (secondary N) is 1. The van der Waals surface area contributed by atoms with Crippen LogP contribution in [0.3, 0.4) is 0 Å². The Morgan fingerprint density at radius 1 is 1.18 bits per heavy atom. The van der Waals surface area contributed by atoms with Gasteiger partial charge in [0.2, 0.25) is 5.91 Å². The summed E-state index contributed by atoms with van der Waals surface area (Å²) < 4.78 is 13.9. The molecule has 0 aliphatic rings. The van der Waals surface area contributed by atoms with E-state index in [2.05, 4.69) is 31.4 Å². The fourth-order valence-corrected chi connectivity index (χ4v) is 3.40. The van der Waals surface area contributed by atoms with Crippen LogP contribution in [-0.4, -0.2) is 33.7 Å². The molecule has 0 fully saturated rings. The third-order valence-electron chi connectivity index (χ3n) is 4.17. The van der Waals surface area contributed by atoms with Gasteiger partial charge in [0.1, 0.15) is 0 Å². The van der Waals surface area contributed by atoms with Crippen LogP contribution >= 0.6 is 15.9 Å². The summed E-state index contributed by atoms with van der Waals surface area (Å²) in [7, 11) is 0. The molecule has 0 aliphatic heterocycles. The first kappa shape index (κ1) is 20.1. The Hall–Kier alpha value is -2.61. The van der Waals surface area contributed by atoms with E-state index in [1.165, 1.54) is 0 Å². The number of carbonyl (C=O) groups is 1. The van der Waals surface area contributed by atoms with E-state index in [1.54, 1.807) is 0 Å². The lowest BCUT2D eigenvalue weighted by atomic mass is 10.1. The number of aromatic nitrogens is 3. The highest BCUT2D eigenvalue weighted by Crippen LogP contribution is 2.34. The number of halogens is 1. The topological polar surface area (TPSA) is 77.8 Å². The van der Waals surface area contributed by atoms with Gasteiger partial charge in [0.15, 0.2) is 23.0 Å². The van der Waals surface area contributed by atoms with E-state index in [0.717, 1.165) is 15.7 Å². The number of fused-ring (bicyclic) bond motifs is 1. The lowest BCUT2D eigenvalue weighted by Gasteiger charge is -2.16. The van der Waals surface area contributed by atoms with Crippen molar-refractivity contribution in [3.8, 4) is 11.5 Å². The van der Waals surface area contributed by atoms with Crippen LogP contribution in [0.4, 0.5) is 0 Å². The van der Waals surface area contributed by atoms with E-state index < -0.39 is 0 Å². The molecule has 1 amide bonds. The number of hydrogen-bond donors (Lipinski definition) is 1. The van der Waals surface area contributed by atoms with Crippen molar-refractivity contribution in [1.82, 2.24) is 19.9 Å². The van der Waals surface area contributed by atoms with Crippen LogP contribution in [0.5, 0.6) is 11.5 Å². The van der Waals surface area contributed by atoms with Crippen LogP contribution in [0, 0.1) is 0 Å². The summed E-state index contributed by atoms with van der Waals surface area (Å²) in [5, 5.41) is 11.3. The Morgan fingerprint density at radius 2 is 1.89 bits per heavy atom. The highest BCUT2D eigenvalue weighted by atomic mass is 79.9. The van der Waals surface area contributed by atoms with Crippen molar-refractivity contribution in [3.05, 3.63) is 52.4 Å². The second-order valence-corrected chi connectivity index (χ2v) is 7.06. The van der Waals surface area contributed by atoms with Gasteiger partial charge in [-0.15, -0.1) is 10.2 Å². The lowest BCUT2D eigenvalue weighted by Crippen LogP contribution is -2.29. The molecular weight excluding hydrogens is 424 g/mol. The number of nitrogens with zero attached hydrogens (tertiary/aromatic N) is 3. The molecule has 0 radical (unpaired) electrons. The van der Waals surface area contributed by atoms with E-state index >= 15 is 0 Å². The van der Waals surface area contributed by atoms with Crippen LogP contribution in [0.25, 0.3) is 5.65 Å². The maximum atomic E-state index is 12.6. The minimum Gasteiger partial charge on any atom is -0.490 e. The van der Waals surface area contributed by atoms with Gasteiger partial charge >= 0.3 is 0 Å². The number of ether oxygens (including phenoxy) is 2. The van der Waals surface area contributed by atoms with Gasteiger partial charge in [-0.25, -0.2) is 0 Å². The van der Waals surface area contributed by atoms with E-state index in [-0.39, 0.29) is 18.4 Å². The predicted molar refractivity (Wildman–Crippen MR) is 110 cm³/mol. The zero-order chi connectivity index (χ0) is 20.1. The van der Waals surface area contributed by atoms with Crippen molar-refractivity contribution in [2.75, 3.05) is 13.2 Å². The third kappa shape index (κ3) is 4.44. The Kier molecular flexibility index (Phi) is 6.51. The van der Waals surface area contributed by atoms with E-state index in [1.807, 2.05) is 61.7 Å². The Bertz CT molecular complexity index is 973. The summed E-state index contributed by atoms with van der Waals surface area (Å²) >= 11 is 3.53. The first-order valence-corrected chi connectivity index (χ1v) is 9.99. The number of carbonyl (C=O) groups excluding carboxylic acids is 1. The van der Waals surface area contributed by atoms with Gasteiger partial charge in [-0.05, 0) is 50.6 Å². The molecule has 148 valence electrons. The Labute approximate surface area is 172 Å². The van der Waals surface area contributed by atoms with Crippen LogP contribution < -0.4 is 14.8 Å². The highest BCUT2D eigenvalue weighted by molar-refractivity contribution is 9.10. The molecule has 2 heterocycles. The van der Waals surface area contributed by atoms with Crippen molar-refractivity contribution >= 4 is 27.5 Å². The van der Waals surface area contributed by atoms with Gasteiger partial charge in [-0.3, -0.25) is 9.20 Å². The zero-order valence-corrected chi connectivity index (χ0v) is 17.7. The molecule has 0 bridgehead atoms. The number of rotatable bonds is 8. The summed E-state index contributed by atoms with van der Waals surface area (Å²) in [4.78, 5) is 12.6. The molecule has 3 aromatic rings. The molecule has 7 nitrogen and oxygen atoms in total. The summed E-state index contributed by atoms with van der Waals surface area (Å²) in [6.07, 6.45) is 2.08. The first-order chi connectivity index (χ1) is 13.5. The van der Waals surface area contributed by atoms with Crippen molar-refractivity contribution in [3.63, 3.8) is 0 Å². The van der Waals surface area contributed by atoms with Crippen molar-refractivity contribution in [2.24, 2.45) is 0 Å². The Balaban J connectivity index is 1.74. The summed E-state index contributed by atoms with van der Waals surface area (Å²) in [6.45, 7) is 6.77. The lowest BCUT2D eigenvalue weighted by molar-refractivity contribution is -0.121. The molecule has 2 aromatic heterocycles. The fourth-order valence-electron chi connectivity index (χ4n) is 2.93. The quantitative estimate of drug-likeness (QED) is 0.570. The molecule has 8 heteroatoms. The summed E-state index contributed by atoms with van der Waals surface area (Å²) in [5.41, 5.74) is 1.57. The zero-order valence-electron chi connectivity index (χ0n) is 16.1. The number of amides is 1. The molecule has 0 aliphatic carbocycles. The second-order valence-electron chi connectivity index (χ2n) is 6.21. The standard InChI is InChI=1S/C20H23BrN4O3/c1-4-27-16-10-14(15(21)12-17(16)28-5-2)11-19(26)22-13(3)20-24-23-18-8-6-7-9-25(18)20/h6-10,12-13H,4-5,11H2,1-3H3,(H,22,26). The van der Waals surface area contributed by atoms with Crippen molar-refractivity contribution in [1.29, 1.82) is 0 Å². The first-order valence-electron chi connectivity index (χ1n) is 9.20. The molecule has 1 atom stereocenters. The monoisotopic (exact) mass is 446 g/mol. The van der Waals surface area contributed by atoms with Crippen molar-refractivity contribution in [2.45, 2.75) is 33.2 Å². The van der Waals surface area contributed by atoms with Crippen molar-refractivity contribution < 1.29 is 14.3 Å².